The van der Waals surface area contributed by atoms with Gasteiger partial charge in [-0.2, -0.15) is 0 Å². The third kappa shape index (κ3) is 4.46. The smallest absolute Gasteiger partial charge is 0.124 e. The normalized spacial score (nSPS) is 11.4. The van der Waals surface area contributed by atoms with E-state index >= 15 is 0 Å². The lowest BCUT2D eigenvalue weighted by atomic mass is 10.1. The summed E-state index contributed by atoms with van der Waals surface area (Å²) in [7, 11) is 0. The first-order chi connectivity index (χ1) is 21.8. The largest absolute Gasteiger partial charge is 0.335 e. The van der Waals surface area contributed by atoms with E-state index in [9.17, 15) is 0 Å². The lowest BCUT2D eigenvalue weighted by Gasteiger charge is -2.26. The maximum atomic E-state index is 5.04. The van der Waals surface area contributed by atoms with Crippen LogP contribution in [0.15, 0.2) is 151 Å². The zero-order chi connectivity index (χ0) is 29.5. The van der Waals surface area contributed by atoms with E-state index in [1.165, 1.54) is 32.1 Å². The van der Waals surface area contributed by atoms with Crippen molar-refractivity contribution in [3.8, 4) is 16.3 Å². The Labute approximate surface area is 259 Å². The predicted molar refractivity (Wildman–Crippen MR) is 187 cm³/mol. The van der Waals surface area contributed by atoms with Crippen LogP contribution in [0.1, 0.15) is 5.56 Å². The van der Waals surface area contributed by atoms with Crippen molar-refractivity contribution in [1.29, 1.82) is 0 Å². The lowest BCUT2D eigenvalue weighted by Crippen LogP contribution is -2.16. The van der Waals surface area contributed by atoms with Crippen LogP contribution in [0.25, 0.3) is 48.3 Å². The van der Waals surface area contributed by atoms with E-state index in [-0.39, 0.29) is 0 Å². The Morgan fingerprint density at radius 3 is 2.18 bits per heavy atom. The van der Waals surface area contributed by atoms with E-state index in [1.807, 2.05) is 24.3 Å². The molecule has 0 saturated carbocycles. The second kappa shape index (κ2) is 11.0. The summed E-state index contributed by atoms with van der Waals surface area (Å²) in [4.78, 5) is 11.7. The number of hydrogen-bond acceptors (Lipinski definition) is 4. The molecule has 0 bridgehead atoms. The molecule has 0 spiro atoms. The first-order valence-electron chi connectivity index (χ1n) is 14.6. The number of anilines is 2. The minimum Gasteiger partial charge on any atom is -0.335 e. The van der Waals surface area contributed by atoms with E-state index in [2.05, 4.69) is 143 Å². The maximum absolute atomic E-state index is 5.04. The number of para-hydroxylation sites is 4. The van der Waals surface area contributed by atoms with Crippen LogP contribution in [0.5, 0.6) is 0 Å². The van der Waals surface area contributed by atoms with Crippen LogP contribution in [-0.2, 0) is 6.54 Å². The monoisotopic (exact) mass is 584 g/mol. The number of benzene rings is 6. The van der Waals surface area contributed by atoms with Gasteiger partial charge in [0, 0.05) is 34.3 Å². The minimum absolute atomic E-state index is 0.698. The van der Waals surface area contributed by atoms with Crippen molar-refractivity contribution in [3.05, 3.63) is 151 Å². The molecule has 5 heteroatoms. The van der Waals surface area contributed by atoms with Gasteiger partial charge in [-0.05, 0) is 66.9 Å². The number of hydrogen-bond donors (Lipinski definition) is 0. The van der Waals surface area contributed by atoms with Crippen molar-refractivity contribution in [2.75, 3.05) is 4.90 Å². The quantitative estimate of drug-likeness (QED) is 0.175. The Hall–Kier alpha value is -5.52. The number of aliphatic imine (C=N–C) groups is 1. The van der Waals surface area contributed by atoms with E-state index in [0.717, 1.165) is 38.8 Å². The van der Waals surface area contributed by atoms with Gasteiger partial charge in [-0.15, -0.1) is 11.3 Å². The Balaban J connectivity index is 1.25. The van der Waals surface area contributed by atoms with Crippen molar-refractivity contribution >= 4 is 67.1 Å². The molecule has 44 heavy (non-hydrogen) atoms. The van der Waals surface area contributed by atoms with Crippen LogP contribution in [0.2, 0.25) is 0 Å². The molecule has 2 aromatic heterocycles. The standard InChI is InChI=1S/C39H28N4S/c1-40-33-17-9-11-19-36(33)42(29-14-6-3-7-15-29)26-27-20-22-30(23-21-27)43-35-18-10-8-16-31(35)32-24-25-34-38(37(32)43)44-39(41-34)28-12-4-2-5-13-28/h2-25H,1,26H2. The average Bonchev–Trinajstić information content (AvgIpc) is 3.68. The molecule has 0 amide bonds. The fourth-order valence-corrected chi connectivity index (χ4v) is 7.20. The molecule has 0 aliphatic carbocycles. The highest BCUT2D eigenvalue weighted by Gasteiger charge is 2.19. The van der Waals surface area contributed by atoms with Gasteiger partial charge in [-0.25, -0.2) is 4.98 Å². The Kier molecular flexibility index (Phi) is 6.51. The van der Waals surface area contributed by atoms with Gasteiger partial charge in [-0.3, -0.25) is 4.99 Å². The van der Waals surface area contributed by atoms with Crippen molar-refractivity contribution < 1.29 is 0 Å². The number of rotatable bonds is 7. The minimum atomic E-state index is 0.698. The fraction of sp³-hybridized carbons (Fsp3) is 0.0256. The van der Waals surface area contributed by atoms with E-state index in [0.29, 0.717) is 6.54 Å². The third-order valence-electron chi connectivity index (χ3n) is 8.16. The molecular weight excluding hydrogens is 557 g/mol. The topological polar surface area (TPSA) is 33.4 Å². The van der Waals surface area contributed by atoms with E-state index in [4.69, 9.17) is 4.98 Å². The number of nitrogens with zero attached hydrogens (tertiary/aromatic N) is 4. The molecule has 210 valence electrons. The average molecular weight is 585 g/mol. The summed E-state index contributed by atoms with van der Waals surface area (Å²) in [5.74, 6) is 0. The van der Waals surface area contributed by atoms with E-state index in [1.54, 1.807) is 11.3 Å². The zero-order valence-corrected chi connectivity index (χ0v) is 24.8. The van der Waals surface area contributed by atoms with Crippen molar-refractivity contribution in [1.82, 2.24) is 9.55 Å². The van der Waals surface area contributed by atoms with Crippen LogP contribution in [0.3, 0.4) is 0 Å². The molecule has 6 aromatic carbocycles. The van der Waals surface area contributed by atoms with Crippen LogP contribution >= 0.6 is 11.3 Å². The second-order valence-electron chi connectivity index (χ2n) is 10.8. The molecule has 0 atom stereocenters. The predicted octanol–water partition coefficient (Wildman–Crippen LogP) is 10.7. The molecule has 0 radical (unpaired) electrons. The molecule has 8 rings (SSSR count). The maximum Gasteiger partial charge on any atom is 0.124 e. The molecule has 2 heterocycles. The molecule has 0 saturated heterocycles. The first-order valence-corrected chi connectivity index (χ1v) is 15.5. The van der Waals surface area contributed by atoms with Gasteiger partial charge in [0.2, 0.25) is 0 Å². The van der Waals surface area contributed by atoms with Gasteiger partial charge >= 0.3 is 0 Å². The Morgan fingerprint density at radius 2 is 1.39 bits per heavy atom. The van der Waals surface area contributed by atoms with Gasteiger partial charge in [0.25, 0.3) is 0 Å². The number of thiazole rings is 1. The number of fused-ring (bicyclic) bond motifs is 5. The Bertz CT molecular complexity index is 2270. The van der Waals surface area contributed by atoms with Crippen LogP contribution in [-0.4, -0.2) is 16.3 Å². The highest BCUT2D eigenvalue weighted by atomic mass is 32.1. The van der Waals surface area contributed by atoms with Gasteiger partial charge in [-0.1, -0.05) is 91.0 Å². The van der Waals surface area contributed by atoms with E-state index < -0.39 is 0 Å². The van der Waals surface area contributed by atoms with Gasteiger partial charge < -0.3 is 9.47 Å². The van der Waals surface area contributed by atoms with Gasteiger partial charge in [0.05, 0.1) is 32.6 Å². The van der Waals surface area contributed by atoms with Crippen LogP contribution in [0.4, 0.5) is 17.1 Å². The SMILES string of the molecule is C=Nc1ccccc1N(Cc1ccc(-n2c3ccccc3c3ccc4nc(-c5ccccc5)sc4c32)cc1)c1ccccc1. The van der Waals surface area contributed by atoms with Crippen molar-refractivity contribution in [2.45, 2.75) is 6.54 Å². The van der Waals surface area contributed by atoms with Crippen LogP contribution in [0, 0.1) is 0 Å². The van der Waals surface area contributed by atoms with Crippen molar-refractivity contribution in [2.24, 2.45) is 4.99 Å². The highest BCUT2D eigenvalue weighted by Crippen LogP contribution is 2.41. The molecule has 0 N–H and O–H groups in total. The molecule has 4 nitrogen and oxygen atoms in total. The fourth-order valence-electron chi connectivity index (χ4n) is 6.09. The lowest BCUT2D eigenvalue weighted by molar-refractivity contribution is 0.973. The molecule has 0 aliphatic heterocycles. The summed E-state index contributed by atoms with van der Waals surface area (Å²) in [6.07, 6.45) is 0. The summed E-state index contributed by atoms with van der Waals surface area (Å²) in [5, 5.41) is 3.52. The summed E-state index contributed by atoms with van der Waals surface area (Å²) in [6.45, 7) is 4.52. The molecular formula is C39H28N4S. The summed E-state index contributed by atoms with van der Waals surface area (Å²) >= 11 is 1.76. The molecule has 0 fully saturated rings. The van der Waals surface area contributed by atoms with Gasteiger partial charge in [0.15, 0.2) is 0 Å². The summed E-state index contributed by atoms with van der Waals surface area (Å²) in [5.41, 5.74) is 9.89. The second-order valence-corrected chi connectivity index (χ2v) is 11.8. The van der Waals surface area contributed by atoms with Crippen molar-refractivity contribution in [3.63, 3.8) is 0 Å². The van der Waals surface area contributed by atoms with Gasteiger partial charge in [0.1, 0.15) is 5.01 Å². The zero-order valence-electron chi connectivity index (χ0n) is 24.0. The van der Waals surface area contributed by atoms with Crippen LogP contribution < -0.4 is 4.90 Å². The first kappa shape index (κ1) is 26.1. The summed E-state index contributed by atoms with van der Waals surface area (Å²) < 4.78 is 3.60. The molecule has 0 aliphatic rings. The third-order valence-corrected chi connectivity index (χ3v) is 9.28. The number of aromatic nitrogens is 2. The highest BCUT2D eigenvalue weighted by molar-refractivity contribution is 7.22. The Morgan fingerprint density at radius 1 is 0.682 bits per heavy atom. The molecule has 0 unspecified atom stereocenters. The summed E-state index contributed by atoms with van der Waals surface area (Å²) in [6, 6.07) is 51.1. The molecule has 8 aromatic rings.